The summed E-state index contributed by atoms with van der Waals surface area (Å²) >= 11 is 1.37. The molecule has 0 bridgehead atoms. The third kappa shape index (κ3) is 9.95. The maximum absolute atomic E-state index is 13.7. The van der Waals surface area contributed by atoms with Crippen molar-refractivity contribution in [1.29, 1.82) is 0 Å². The molecule has 5 rings (SSSR count). The molecule has 3 N–H and O–H groups in total. The van der Waals surface area contributed by atoms with Gasteiger partial charge in [0.1, 0.15) is 16.7 Å². The van der Waals surface area contributed by atoms with Crippen LogP contribution in [-0.2, 0) is 9.59 Å². The van der Waals surface area contributed by atoms with Crippen LogP contribution < -0.4 is 20.7 Å². The summed E-state index contributed by atoms with van der Waals surface area (Å²) in [7, 11) is 0. The van der Waals surface area contributed by atoms with Crippen molar-refractivity contribution in [2.45, 2.75) is 29.9 Å². The molecule has 0 saturated carbocycles. The Labute approximate surface area is 285 Å². The van der Waals surface area contributed by atoms with Crippen LogP contribution in [0.1, 0.15) is 46.5 Å². The van der Waals surface area contributed by atoms with Gasteiger partial charge >= 0.3 is 0 Å². The highest BCUT2D eigenvalue weighted by Gasteiger charge is 2.23. The number of amides is 3. The number of carbonyl (C=O) groups is 3. The molecule has 5 aromatic carbocycles. The SMILES string of the molecule is CCCCOc1ccc(NC(=O)C(Sc2cccc(NC(=O)/C(=C/c3ccccc3)NC(=O)c3ccccc3)c2)c2ccccc2)cc1. The Morgan fingerprint density at radius 1 is 0.729 bits per heavy atom. The average molecular weight is 656 g/mol. The first-order valence-corrected chi connectivity index (χ1v) is 16.7. The molecule has 1 atom stereocenters. The lowest BCUT2D eigenvalue weighted by atomic mass is 10.1. The summed E-state index contributed by atoms with van der Waals surface area (Å²) in [5.74, 6) is -0.301. The number of hydrogen-bond donors (Lipinski definition) is 3. The Bertz CT molecular complexity index is 1830. The van der Waals surface area contributed by atoms with Gasteiger partial charge in [0.15, 0.2) is 0 Å². The molecular weight excluding hydrogens is 619 g/mol. The van der Waals surface area contributed by atoms with Crippen LogP contribution >= 0.6 is 11.8 Å². The van der Waals surface area contributed by atoms with Crippen LogP contribution in [0.15, 0.2) is 150 Å². The van der Waals surface area contributed by atoms with Gasteiger partial charge < -0.3 is 20.7 Å². The number of anilines is 2. The third-order valence-corrected chi connectivity index (χ3v) is 8.46. The van der Waals surface area contributed by atoms with E-state index >= 15 is 0 Å². The van der Waals surface area contributed by atoms with Crippen molar-refractivity contribution < 1.29 is 19.1 Å². The highest BCUT2D eigenvalue weighted by Crippen LogP contribution is 2.37. The highest BCUT2D eigenvalue weighted by atomic mass is 32.2. The number of unbranched alkanes of at least 4 members (excludes halogenated alkanes) is 1. The Hall–Kier alpha value is -5.60. The van der Waals surface area contributed by atoms with Crippen molar-refractivity contribution in [3.8, 4) is 5.75 Å². The minimum atomic E-state index is -0.573. The molecule has 7 nitrogen and oxygen atoms in total. The van der Waals surface area contributed by atoms with Gasteiger partial charge in [-0.25, -0.2) is 0 Å². The number of carbonyl (C=O) groups excluding carboxylic acids is 3. The molecule has 5 aromatic rings. The van der Waals surface area contributed by atoms with Gasteiger partial charge in [-0.2, -0.15) is 0 Å². The second-order valence-corrected chi connectivity index (χ2v) is 12.1. The van der Waals surface area contributed by atoms with Crippen LogP contribution in [0.2, 0.25) is 0 Å². The molecule has 8 heteroatoms. The maximum atomic E-state index is 13.7. The zero-order chi connectivity index (χ0) is 33.6. The van der Waals surface area contributed by atoms with Crippen molar-refractivity contribution in [3.63, 3.8) is 0 Å². The molecule has 3 amide bonds. The summed E-state index contributed by atoms with van der Waals surface area (Å²) in [5, 5.41) is 8.15. The minimum Gasteiger partial charge on any atom is -0.494 e. The number of rotatable bonds is 14. The van der Waals surface area contributed by atoms with E-state index in [1.807, 2.05) is 109 Å². The second-order valence-electron chi connectivity index (χ2n) is 10.9. The maximum Gasteiger partial charge on any atom is 0.272 e. The number of benzene rings is 5. The Morgan fingerprint density at radius 2 is 1.40 bits per heavy atom. The largest absolute Gasteiger partial charge is 0.494 e. The van der Waals surface area contributed by atoms with Gasteiger partial charge in [-0.15, -0.1) is 11.8 Å². The molecular formula is C40H37N3O4S. The molecule has 0 aliphatic heterocycles. The van der Waals surface area contributed by atoms with E-state index in [4.69, 9.17) is 4.74 Å². The van der Waals surface area contributed by atoms with Gasteiger partial charge in [-0.3, -0.25) is 14.4 Å². The van der Waals surface area contributed by atoms with Gasteiger partial charge in [-0.05, 0) is 78.2 Å². The lowest BCUT2D eigenvalue weighted by Crippen LogP contribution is -2.30. The van der Waals surface area contributed by atoms with Crippen LogP contribution in [0.25, 0.3) is 6.08 Å². The Balaban J connectivity index is 1.32. The second kappa shape index (κ2) is 17.4. The van der Waals surface area contributed by atoms with Crippen LogP contribution in [0, 0.1) is 0 Å². The fourth-order valence-electron chi connectivity index (χ4n) is 4.72. The normalized spacial score (nSPS) is 11.6. The molecule has 0 spiro atoms. The lowest BCUT2D eigenvalue weighted by molar-refractivity contribution is -0.116. The van der Waals surface area contributed by atoms with E-state index in [0.29, 0.717) is 23.5 Å². The predicted molar refractivity (Wildman–Crippen MR) is 194 cm³/mol. The summed E-state index contributed by atoms with van der Waals surface area (Å²) in [6.07, 6.45) is 3.67. The van der Waals surface area contributed by atoms with Gasteiger partial charge in [-0.1, -0.05) is 98.3 Å². The summed E-state index contributed by atoms with van der Waals surface area (Å²) in [5.41, 5.74) is 3.31. The smallest absolute Gasteiger partial charge is 0.272 e. The number of thioether (sulfide) groups is 1. The molecule has 0 saturated heterocycles. The highest BCUT2D eigenvalue weighted by molar-refractivity contribution is 8.00. The number of nitrogens with one attached hydrogen (secondary N) is 3. The Morgan fingerprint density at radius 3 is 2.08 bits per heavy atom. The molecule has 242 valence electrons. The Kier molecular flexibility index (Phi) is 12.2. The number of ether oxygens (including phenoxy) is 1. The van der Waals surface area contributed by atoms with Gasteiger partial charge in [0, 0.05) is 21.8 Å². The molecule has 0 heterocycles. The van der Waals surface area contributed by atoms with E-state index in [1.54, 1.807) is 36.4 Å². The quantitative estimate of drug-likeness (QED) is 0.0632. The molecule has 0 fully saturated rings. The first-order chi connectivity index (χ1) is 23.5. The molecule has 0 aliphatic carbocycles. The van der Waals surface area contributed by atoms with E-state index in [0.717, 1.165) is 34.6 Å². The minimum absolute atomic E-state index is 0.0939. The van der Waals surface area contributed by atoms with E-state index in [2.05, 4.69) is 22.9 Å². The van der Waals surface area contributed by atoms with E-state index in [1.165, 1.54) is 11.8 Å². The predicted octanol–water partition coefficient (Wildman–Crippen LogP) is 8.75. The average Bonchev–Trinajstić information content (AvgIpc) is 3.12. The first-order valence-electron chi connectivity index (χ1n) is 15.8. The standard InChI is InChI=1S/C40H37N3O4S/c1-2-3-26-47-34-24-22-32(23-25-34)41-40(46)37(30-16-9-5-10-17-30)48-35-21-13-20-33(28-35)42-39(45)36(27-29-14-7-4-8-15-29)43-38(44)31-18-11-6-12-19-31/h4-25,27-28,37H,2-3,26H2,1H3,(H,41,46)(H,42,45)(H,43,44)/b36-27-. The van der Waals surface area contributed by atoms with E-state index in [9.17, 15) is 14.4 Å². The van der Waals surface area contributed by atoms with Crippen molar-refractivity contribution in [2.75, 3.05) is 17.2 Å². The summed E-state index contributed by atoms with van der Waals surface area (Å²) in [4.78, 5) is 41.0. The van der Waals surface area contributed by atoms with Crippen LogP contribution in [-0.4, -0.2) is 24.3 Å². The van der Waals surface area contributed by atoms with Crippen molar-refractivity contribution in [2.24, 2.45) is 0 Å². The fourth-order valence-corrected chi connectivity index (χ4v) is 5.80. The van der Waals surface area contributed by atoms with Gasteiger partial charge in [0.05, 0.1) is 6.61 Å². The van der Waals surface area contributed by atoms with E-state index < -0.39 is 17.1 Å². The van der Waals surface area contributed by atoms with Gasteiger partial charge in [0.25, 0.3) is 11.8 Å². The molecule has 0 aliphatic rings. The monoisotopic (exact) mass is 655 g/mol. The van der Waals surface area contributed by atoms with Crippen LogP contribution in [0.4, 0.5) is 11.4 Å². The first kappa shape index (κ1) is 33.8. The molecule has 1 unspecified atom stereocenters. The zero-order valence-corrected chi connectivity index (χ0v) is 27.4. The zero-order valence-electron chi connectivity index (χ0n) is 26.6. The molecule has 48 heavy (non-hydrogen) atoms. The number of hydrogen-bond acceptors (Lipinski definition) is 5. The van der Waals surface area contributed by atoms with Crippen molar-refractivity contribution in [3.05, 3.63) is 162 Å². The van der Waals surface area contributed by atoms with E-state index in [-0.39, 0.29) is 11.6 Å². The van der Waals surface area contributed by atoms with Gasteiger partial charge in [0.2, 0.25) is 5.91 Å². The van der Waals surface area contributed by atoms with Crippen LogP contribution in [0.3, 0.4) is 0 Å². The third-order valence-electron chi connectivity index (χ3n) is 7.21. The van der Waals surface area contributed by atoms with Crippen molar-refractivity contribution in [1.82, 2.24) is 5.32 Å². The molecule has 0 radical (unpaired) electrons. The van der Waals surface area contributed by atoms with Crippen LogP contribution in [0.5, 0.6) is 5.75 Å². The molecule has 0 aromatic heterocycles. The summed E-state index contributed by atoms with van der Waals surface area (Å²) < 4.78 is 5.75. The fraction of sp³-hybridized carbons (Fsp3) is 0.125. The van der Waals surface area contributed by atoms with Crippen molar-refractivity contribution >= 4 is 46.9 Å². The summed E-state index contributed by atoms with van der Waals surface area (Å²) in [6, 6.07) is 42.2. The lowest BCUT2D eigenvalue weighted by Gasteiger charge is -2.18. The topological polar surface area (TPSA) is 96.5 Å². The summed E-state index contributed by atoms with van der Waals surface area (Å²) in [6.45, 7) is 2.77.